The molecular formula is C26H22N4O3. The quantitative estimate of drug-likeness (QED) is 0.381. The molecule has 7 nitrogen and oxygen atoms in total. The second kappa shape index (κ2) is 10.6. The van der Waals surface area contributed by atoms with Gasteiger partial charge in [-0.05, 0) is 67.1 Å². The van der Waals surface area contributed by atoms with Crippen molar-refractivity contribution in [2.75, 3.05) is 16.0 Å². The van der Waals surface area contributed by atoms with Gasteiger partial charge >= 0.3 is 0 Å². The first-order chi connectivity index (χ1) is 15.8. The third-order valence-corrected chi connectivity index (χ3v) is 4.60. The smallest absolute Gasteiger partial charge is 0.266 e. The monoisotopic (exact) mass is 438 g/mol. The van der Waals surface area contributed by atoms with Gasteiger partial charge < -0.3 is 16.0 Å². The van der Waals surface area contributed by atoms with E-state index in [4.69, 9.17) is 0 Å². The minimum Gasteiger partial charge on any atom is -0.326 e. The minimum absolute atomic E-state index is 0.0945. The molecule has 0 aliphatic rings. The molecule has 0 heterocycles. The SMILES string of the molecule is CC(=O)Nc1ccc(NC(=O)/C(C#N)=C/c2cccc(NC(=O)c3ccc(C)cc3)c2)cc1. The Morgan fingerprint density at radius 2 is 1.45 bits per heavy atom. The van der Waals surface area contributed by atoms with E-state index in [1.807, 2.05) is 25.1 Å². The Morgan fingerprint density at radius 3 is 2.06 bits per heavy atom. The van der Waals surface area contributed by atoms with E-state index in [0.717, 1.165) is 5.56 Å². The van der Waals surface area contributed by atoms with Crippen LogP contribution in [0.25, 0.3) is 6.08 Å². The molecule has 0 fully saturated rings. The second-order valence-corrected chi connectivity index (χ2v) is 7.33. The fourth-order valence-electron chi connectivity index (χ4n) is 2.97. The third kappa shape index (κ3) is 6.64. The van der Waals surface area contributed by atoms with Crippen LogP contribution in [-0.4, -0.2) is 17.7 Å². The molecule has 0 unspecified atom stereocenters. The van der Waals surface area contributed by atoms with E-state index in [0.29, 0.717) is 28.2 Å². The van der Waals surface area contributed by atoms with Gasteiger partial charge in [0.25, 0.3) is 11.8 Å². The van der Waals surface area contributed by atoms with Crippen LogP contribution in [0.4, 0.5) is 17.1 Å². The number of hydrogen-bond acceptors (Lipinski definition) is 4. The molecule has 3 amide bonds. The zero-order valence-corrected chi connectivity index (χ0v) is 18.2. The van der Waals surface area contributed by atoms with Crippen LogP contribution >= 0.6 is 0 Å². The molecule has 0 bridgehead atoms. The molecule has 0 aliphatic heterocycles. The standard InChI is InChI=1S/C26H22N4O3/c1-17-6-8-20(9-7-17)25(32)30-24-5-3-4-19(15-24)14-21(16-27)26(33)29-23-12-10-22(11-13-23)28-18(2)31/h3-15H,1-2H3,(H,28,31)(H,29,33)(H,30,32)/b21-14+. The zero-order valence-electron chi connectivity index (χ0n) is 18.2. The molecule has 33 heavy (non-hydrogen) atoms. The molecule has 0 saturated carbocycles. The van der Waals surface area contributed by atoms with Crippen molar-refractivity contribution in [1.82, 2.24) is 0 Å². The van der Waals surface area contributed by atoms with Crippen molar-refractivity contribution in [2.24, 2.45) is 0 Å². The van der Waals surface area contributed by atoms with Gasteiger partial charge in [-0.3, -0.25) is 14.4 Å². The summed E-state index contributed by atoms with van der Waals surface area (Å²) in [6.07, 6.45) is 1.45. The molecule has 164 valence electrons. The summed E-state index contributed by atoms with van der Waals surface area (Å²) in [6, 6.07) is 22.5. The van der Waals surface area contributed by atoms with E-state index in [-0.39, 0.29) is 17.4 Å². The topological polar surface area (TPSA) is 111 Å². The van der Waals surface area contributed by atoms with Crippen LogP contribution in [0.15, 0.2) is 78.4 Å². The predicted octanol–water partition coefficient (Wildman–Crippen LogP) is 4.75. The lowest BCUT2D eigenvalue weighted by Crippen LogP contribution is -2.14. The highest BCUT2D eigenvalue weighted by molar-refractivity contribution is 6.10. The number of benzene rings is 3. The van der Waals surface area contributed by atoms with E-state index in [1.165, 1.54) is 13.0 Å². The van der Waals surface area contributed by atoms with Gasteiger partial charge in [-0.15, -0.1) is 0 Å². The maximum atomic E-state index is 12.5. The molecule has 0 spiro atoms. The third-order valence-electron chi connectivity index (χ3n) is 4.60. The Balaban J connectivity index is 1.70. The summed E-state index contributed by atoms with van der Waals surface area (Å²) in [5.41, 5.74) is 3.70. The average Bonchev–Trinajstić information content (AvgIpc) is 2.79. The molecule has 7 heteroatoms. The van der Waals surface area contributed by atoms with Gasteiger partial charge in [0.15, 0.2) is 0 Å². The van der Waals surface area contributed by atoms with Crippen LogP contribution in [0.5, 0.6) is 0 Å². The van der Waals surface area contributed by atoms with Crippen LogP contribution in [0.1, 0.15) is 28.4 Å². The van der Waals surface area contributed by atoms with Crippen molar-refractivity contribution >= 4 is 40.9 Å². The summed E-state index contributed by atoms with van der Waals surface area (Å²) in [4.78, 5) is 36.1. The predicted molar refractivity (Wildman–Crippen MR) is 129 cm³/mol. The number of carbonyl (C=O) groups is 3. The fourth-order valence-corrected chi connectivity index (χ4v) is 2.97. The number of amides is 3. The largest absolute Gasteiger partial charge is 0.326 e. The summed E-state index contributed by atoms with van der Waals surface area (Å²) >= 11 is 0. The molecule has 3 rings (SSSR count). The van der Waals surface area contributed by atoms with Crippen LogP contribution in [0.3, 0.4) is 0 Å². The van der Waals surface area contributed by atoms with Crippen molar-refractivity contribution in [3.8, 4) is 6.07 Å². The highest BCUT2D eigenvalue weighted by Crippen LogP contribution is 2.18. The Morgan fingerprint density at radius 1 is 0.818 bits per heavy atom. The molecule has 3 aromatic carbocycles. The van der Waals surface area contributed by atoms with E-state index in [1.54, 1.807) is 60.7 Å². The van der Waals surface area contributed by atoms with Crippen LogP contribution in [0.2, 0.25) is 0 Å². The average molecular weight is 438 g/mol. The molecular weight excluding hydrogens is 416 g/mol. The highest BCUT2D eigenvalue weighted by Gasteiger charge is 2.11. The summed E-state index contributed by atoms with van der Waals surface area (Å²) in [6.45, 7) is 3.35. The van der Waals surface area contributed by atoms with E-state index >= 15 is 0 Å². The number of nitrogens with zero attached hydrogens (tertiary/aromatic N) is 1. The lowest BCUT2D eigenvalue weighted by Gasteiger charge is -2.08. The number of rotatable bonds is 6. The molecule has 0 atom stereocenters. The molecule has 3 N–H and O–H groups in total. The summed E-state index contributed by atoms with van der Waals surface area (Å²) in [5.74, 6) is -1.02. The first-order valence-electron chi connectivity index (χ1n) is 10.1. The lowest BCUT2D eigenvalue weighted by atomic mass is 10.1. The van der Waals surface area contributed by atoms with Gasteiger partial charge in [-0.25, -0.2) is 0 Å². The van der Waals surface area contributed by atoms with Crippen LogP contribution in [0, 0.1) is 18.3 Å². The Labute approximate surface area is 191 Å². The molecule has 3 aromatic rings. The highest BCUT2D eigenvalue weighted by atomic mass is 16.2. The van der Waals surface area contributed by atoms with E-state index in [9.17, 15) is 19.6 Å². The molecule has 0 aromatic heterocycles. The van der Waals surface area contributed by atoms with Crippen molar-refractivity contribution < 1.29 is 14.4 Å². The first-order valence-corrected chi connectivity index (χ1v) is 10.1. The van der Waals surface area contributed by atoms with E-state index < -0.39 is 5.91 Å². The van der Waals surface area contributed by atoms with Crippen LogP contribution in [-0.2, 0) is 9.59 Å². The maximum absolute atomic E-state index is 12.5. The number of nitriles is 1. The first kappa shape index (κ1) is 23.0. The molecule has 0 aliphatic carbocycles. The normalized spacial score (nSPS) is 10.6. The maximum Gasteiger partial charge on any atom is 0.266 e. The van der Waals surface area contributed by atoms with Gasteiger partial charge in [0.1, 0.15) is 11.6 Å². The second-order valence-electron chi connectivity index (χ2n) is 7.33. The Kier molecular flexibility index (Phi) is 7.35. The van der Waals surface area contributed by atoms with E-state index in [2.05, 4.69) is 16.0 Å². The van der Waals surface area contributed by atoms with Crippen molar-refractivity contribution in [3.63, 3.8) is 0 Å². The Bertz CT molecular complexity index is 1250. The number of anilines is 3. The summed E-state index contributed by atoms with van der Waals surface area (Å²) < 4.78 is 0. The molecule has 0 radical (unpaired) electrons. The fraction of sp³-hybridized carbons (Fsp3) is 0.0769. The minimum atomic E-state index is -0.570. The van der Waals surface area contributed by atoms with Crippen LogP contribution < -0.4 is 16.0 Å². The lowest BCUT2D eigenvalue weighted by molar-refractivity contribution is -0.114. The van der Waals surface area contributed by atoms with Gasteiger partial charge in [0.2, 0.25) is 5.91 Å². The summed E-state index contributed by atoms with van der Waals surface area (Å²) in [7, 11) is 0. The van der Waals surface area contributed by atoms with Crippen molar-refractivity contribution in [1.29, 1.82) is 5.26 Å². The number of carbonyl (C=O) groups excluding carboxylic acids is 3. The van der Waals surface area contributed by atoms with Gasteiger partial charge in [-0.1, -0.05) is 29.8 Å². The van der Waals surface area contributed by atoms with Gasteiger partial charge in [0, 0.05) is 29.5 Å². The van der Waals surface area contributed by atoms with Gasteiger partial charge in [0.05, 0.1) is 0 Å². The zero-order chi connectivity index (χ0) is 23.8. The number of hydrogen-bond donors (Lipinski definition) is 3. The summed E-state index contributed by atoms with van der Waals surface area (Å²) in [5, 5.41) is 17.6. The molecule has 0 saturated heterocycles. The number of nitrogens with one attached hydrogen (secondary N) is 3. The van der Waals surface area contributed by atoms with Gasteiger partial charge in [-0.2, -0.15) is 5.26 Å². The van der Waals surface area contributed by atoms with Crippen molar-refractivity contribution in [2.45, 2.75) is 13.8 Å². The van der Waals surface area contributed by atoms with Crippen molar-refractivity contribution in [3.05, 3.63) is 95.1 Å². The number of aryl methyl sites for hydroxylation is 1. The Hall–Kier alpha value is -4.70.